The number of ether oxygens (including phenoxy) is 1. The smallest absolute Gasteiger partial charge is 0.273 e. The second kappa shape index (κ2) is 8.93. The average molecular weight is 339 g/mol. The first kappa shape index (κ1) is 17.8. The van der Waals surface area contributed by atoms with E-state index in [9.17, 15) is 10.1 Å². The van der Waals surface area contributed by atoms with Crippen molar-refractivity contribution in [1.29, 1.82) is 0 Å². The molecule has 3 rings (SSSR count). The summed E-state index contributed by atoms with van der Waals surface area (Å²) in [6.07, 6.45) is 0. The number of phenols is 2. The Morgan fingerprint density at radius 2 is 1.44 bits per heavy atom. The quantitative estimate of drug-likeness (QED) is 0.420. The Labute approximate surface area is 144 Å². The van der Waals surface area contributed by atoms with Crippen molar-refractivity contribution in [2.45, 2.75) is 6.61 Å². The molecule has 2 N–H and O–H groups in total. The van der Waals surface area contributed by atoms with Crippen LogP contribution in [0.3, 0.4) is 0 Å². The van der Waals surface area contributed by atoms with Crippen molar-refractivity contribution in [3.63, 3.8) is 0 Å². The van der Waals surface area contributed by atoms with Crippen LogP contribution in [0.2, 0.25) is 0 Å². The maximum absolute atomic E-state index is 10.6. The number of hydrogen-bond acceptors (Lipinski definition) is 5. The number of nitro benzene ring substituents is 1. The van der Waals surface area contributed by atoms with E-state index in [0.29, 0.717) is 12.4 Å². The monoisotopic (exact) mass is 339 g/mol. The maximum Gasteiger partial charge on any atom is 0.273 e. The van der Waals surface area contributed by atoms with Crippen molar-refractivity contribution in [3.8, 4) is 17.2 Å². The maximum atomic E-state index is 10.6. The fraction of sp³-hybridized carbons (Fsp3) is 0.0526. The first-order valence-corrected chi connectivity index (χ1v) is 7.44. The zero-order valence-electron chi connectivity index (χ0n) is 13.3. The van der Waals surface area contributed by atoms with Gasteiger partial charge in [-0.3, -0.25) is 10.1 Å². The van der Waals surface area contributed by atoms with Crippen molar-refractivity contribution in [1.82, 2.24) is 0 Å². The van der Waals surface area contributed by atoms with Gasteiger partial charge in [-0.05, 0) is 35.9 Å². The van der Waals surface area contributed by atoms with Gasteiger partial charge in [0.2, 0.25) is 0 Å². The van der Waals surface area contributed by atoms with Crippen LogP contribution in [0.15, 0.2) is 78.9 Å². The molecule has 0 aliphatic rings. The molecule has 0 spiro atoms. The normalized spacial score (nSPS) is 9.60. The summed E-state index contributed by atoms with van der Waals surface area (Å²) in [7, 11) is 0. The Kier molecular flexibility index (Phi) is 6.36. The summed E-state index contributed by atoms with van der Waals surface area (Å²) in [6, 6.07) is 21.5. The van der Waals surface area contributed by atoms with Crippen molar-refractivity contribution >= 4 is 5.69 Å². The van der Waals surface area contributed by atoms with E-state index < -0.39 is 4.92 Å². The molecule has 0 aliphatic heterocycles. The fourth-order valence-electron chi connectivity index (χ4n) is 1.88. The molecule has 6 nitrogen and oxygen atoms in total. The Hall–Kier alpha value is -3.54. The molecule has 0 amide bonds. The third-order valence-corrected chi connectivity index (χ3v) is 3.13. The summed E-state index contributed by atoms with van der Waals surface area (Å²) >= 11 is 0. The molecule has 0 atom stereocenters. The van der Waals surface area contributed by atoms with E-state index in [0.717, 1.165) is 5.56 Å². The standard InChI is InChI=1S/C13H11NO3.C6H6O2/c15-14(16)12-7-4-8-13(9-12)17-10-11-5-2-1-3-6-11;7-5-1-2-6(8)4-3-5/h1-9H,10H2;1-4,7-8H. The van der Waals surface area contributed by atoms with Crippen molar-refractivity contribution < 1.29 is 19.9 Å². The summed E-state index contributed by atoms with van der Waals surface area (Å²) in [5, 5.41) is 27.9. The molecule has 25 heavy (non-hydrogen) atoms. The highest BCUT2D eigenvalue weighted by atomic mass is 16.6. The van der Waals surface area contributed by atoms with Gasteiger partial charge < -0.3 is 14.9 Å². The molecule has 0 unspecified atom stereocenters. The summed E-state index contributed by atoms with van der Waals surface area (Å²) in [4.78, 5) is 10.1. The van der Waals surface area contributed by atoms with Crippen LogP contribution < -0.4 is 4.74 Å². The molecule has 0 aliphatic carbocycles. The lowest BCUT2D eigenvalue weighted by Crippen LogP contribution is -1.95. The van der Waals surface area contributed by atoms with Crippen LogP contribution in [0.4, 0.5) is 5.69 Å². The second-order valence-electron chi connectivity index (χ2n) is 5.05. The SMILES string of the molecule is O=[N+]([O-])c1cccc(OCc2ccccc2)c1.Oc1ccc(O)cc1. The Balaban J connectivity index is 0.000000236. The number of aromatic hydroxyl groups is 2. The summed E-state index contributed by atoms with van der Waals surface area (Å²) in [6.45, 7) is 0.405. The molecular weight excluding hydrogens is 322 g/mol. The number of nitro groups is 1. The van der Waals surface area contributed by atoms with Gasteiger partial charge in [-0.15, -0.1) is 0 Å². The fourth-order valence-corrected chi connectivity index (χ4v) is 1.88. The van der Waals surface area contributed by atoms with Crippen LogP contribution in [0.25, 0.3) is 0 Å². The first-order chi connectivity index (χ1) is 12.0. The second-order valence-corrected chi connectivity index (χ2v) is 5.05. The minimum Gasteiger partial charge on any atom is -0.508 e. The Bertz CT molecular complexity index is 783. The molecule has 3 aromatic carbocycles. The molecule has 128 valence electrons. The van der Waals surface area contributed by atoms with Crippen LogP contribution in [0, 0.1) is 10.1 Å². The van der Waals surface area contributed by atoms with Crippen molar-refractivity contribution in [3.05, 3.63) is 94.5 Å². The van der Waals surface area contributed by atoms with Crippen LogP contribution in [0.1, 0.15) is 5.56 Å². The minimum atomic E-state index is -0.435. The summed E-state index contributed by atoms with van der Waals surface area (Å²) in [5.41, 5.74) is 1.06. The Morgan fingerprint density at radius 1 is 0.840 bits per heavy atom. The van der Waals surface area contributed by atoms with Crippen LogP contribution in [-0.4, -0.2) is 15.1 Å². The van der Waals surface area contributed by atoms with Crippen LogP contribution in [-0.2, 0) is 6.61 Å². The molecule has 0 fully saturated rings. The van der Waals surface area contributed by atoms with Crippen LogP contribution >= 0.6 is 0 Å². The predicted molar refractivity (Wildman–Crippen MR) is 93.6 cm³/mol. The number of hydrogen-bond donors (Lipinski definition) is 2. The molecule has 3 aromatic rings. The molecule has 0 heterocycles. The number of phenolic OH excluding ortho intramolecular Hbond substituents is 2. The largest absolute Gasteiger partial charge is 0.508 e. The van der Waals surface area contributed by atoms with Gasteiger partial charge in [0.15, 0.2) is 0 Å². The van der Waals surface area contributed by atoms with Gasteiger partial charge in [-0.2, -0.15) is 0 Å². The van der Waals surface area contributed by atoms with E-state index in [4.69, 9.17) is 14.9 Å². The van der Waals surface area contributed by atoms with Crippen LogP contribution in [0.5, 0.6) is 17.2 Å². The van der Waals surface area contributed by atoms with Gasteiger partial charge in [0.05, 0.1) is 11.0 Å². The van der Waals surface area contributed by atoms with E-state index in [-0.39, 0.29) is 17.2 Å². The third-order valence-electron chi connectivity index (χ3n) is 3.13. The number of nitrogens with zero attached hydrogens (tertiary/aromatic N) is 1. The van der Waals surface area contributed by atoms with Crippen molar-refractivity contribution in [2.24, 2.45) is 0 Å². The highest BCUT2D eigenvalue weighted by Crippen LogP contribution is 2.20. The lowest BCUT2D eigenvalue weighted by atomic mass is 10.2. The zero-order valence-corrected chi connectivity index (χ0v) is 13.3. The van der Waals surface area contributed by atoms with E-state index in [1.54, 1.807) is 12.1 Å². The minimum absolute atomic E-state index is 0.0376. The highest BCUT2D eigenvalue weighted by molar-refractivity contribution is 5.38. The highest BCUT2D eigenvalue weighted by Gasteiger charge is 2.06. The number of benzene rings is 3. The average Bonchev–Trinajstić information content (AvgIpc) is 2.64. The van der Waals surface area contributed by atoms with Gasteiger partial charge in [0, 0.05) is 6.07 Å². The Morgan fingerprint density at radius 3 is 2.00 bits per heavy atom. The van der Waals surface area contributed by atoms with Gasteiger partial charge >= 0.3 is 0 Å². The molecule has 0 radical (unpaired) electrons. The van der Waals surface area contributed by atoms with Gasteiger partial charge in [0.1, 0.15) is 23.9 Å². The van der Waals surface area contributed by atoms with E-state index in [1.807, 2.05) is 30.3 Å². The molecule has 0 saturated carbocycles. The summed E-state index contributed by atoms with van der Waals surface area (Å²) in [5.74, 6) is 0.841. The lowest BCUT2D eigenvalue weighted by Gasteiger charge is -2.05. The van der Waals surface area contributed by atoms with Gasteiger partial charge in [0.25, 0.3) is 5.69 Å². The molecular formula is C19H17NO5. The predicted octanol–water partition coefficient (Wildman–Crippen LogP) is 4.27. The lowest BCUT2D eigenvalue weighted by molar-refractivity contribution is -0.384. The van der Waals surface area contributed by atoms with Crippen molar-refractivity contribution in [2.75, 3.05) is 0 Å². The molecule has 0 aromatic heterocycles. The van der Waals surface area contributed by atoms with Gasteiger partial charge in [-0.1, -0.05) is 36.4 Å². The van der Waals surface area contributed by atoms with E-state index >= 15 is 0 Å². The van der Waals surface area contributed by atoms with E-state index in [2.05, 4.69) is 0 Å². The third kappa shape index (κ3) is 6.23. The number of non-ortho nitro benzene ring substituents is 1. The number of rotatable bonds is 4. The molecule has 0 bridgehead atoms. The topological polar surface area (TPSA) is 92.8 Å². The molecule has 0 saturated heterocycles. The zero-order chi connectivity index (χ0) is 18.1. The van der Waals surface area contributed by atoms with Gasteiger partial charge in [-0.25, -0.2) is 0 Å². The first-order valence-electron chi connectivity index (χ1n) is 7.44. The van der Waals surface area contributed by atoms with E-state index in [1.165, 1.54) is 36.4 Å². The molecule has 6 heteroatoms. The summed E-state index contributed by atoms with van der Waals surface area (Å²) < 4.78 is 5.48.